The van der Waals surface area contributed by atoms with Crippen LogP contribution in [0.5, 0.6) is 0 Å². The third-order valence-electron chi connectivity index (χ3n) is 5.63. The van der Waals surface area contributed by atoms with Crippen LogP contribution in [0, 0.1) is 5.92 Å². The van der Waals surface area contributed by atoms with E-state index < -0.39 is 10.4 Å². The van der Waals surface area contributed by atoms with E-state index in [9.17, 15) is 13.0 Å². The minimum absolute atomic E-state index is 0. The molecule has 0 aromatic carbocycles. The summed E-state index contributed by atoms with van der Waals surface area (Å²) in [5.41, 5.74) is 0. The van der Waals surface area contributed by atoms with Crippen molar-refractivity contribution in [3.8, 4) is 0 Å². The third-order valence-corrected chi connectivity index (χ3v) is 6.05. The summed E-state index contributed by atoms with van der Waals surface area (Å²) in [5, 5.41) is 0. The maximum atomic E-state index is 10.8. The van der Waals surface area contributed by atoms with Gasteiger partial charge in [-0.15, -0.1) is 0 Å². The minimum Gasteiger partial charge on any atom is -0.726 e. The standard InChI is InChI=1S/C23H48O4S.K/c1-3-5-7-9-11-13-15-17-19-21-23(22-27-28(24,25)26)20-18-16-14-12-10-8-6-4-2;/h23H,3-22H2,1-2H3,(H,24,25,26);/q;+1/p-1. The second-order valence-electron chi connectivity index (χ2n) is 8.44. The monoisotopic (exact) mass is 458 g/mol. The molecule has 0 aliphatic carbocycles. The molecule has 170 valence electrons. The molecule has 0 rings (SSSR count). The summed E-state index contributed by atoms with van der Waals surface area (Å²) < 4.78 is 36.9. The van der Waals surface area contributed by atoms with Gasteiger partial charge >= 0.3 is 51.4 Å². The Labute approximate surface area is 225 Å². The first-order valence-corrected chi connectivity index (χ1v) is 13.4. The average Bonchev–Trinajstić information content (AvgIpc) is 2.65. The molecule has 0 aliphatic heterocycles. The van der Waals surface area contributed by atoms with Crippen LogP contribution in [0.25, 0.3) is 0 Å². The van der Waals surface area contributed by atoms with Crippen LogP contribution in [0.3, 0.4) is 0 Å². The smallest absolute Gasteiger partial charge is 0.726 e. The zero-order valence-electron chi connectivity index (χ0n) is 19.8. The molecule has 0 bridgehead atoms. The van der Waals surface area contributed by atoms with Gasteiger partial charge in [-0.2, -0.15) is 0 Å². The van der Waals surface area contributed by atoms with Gasteiger partial charge in [0.2, 0.25) is 10.4 Å². The van der Waals surface area contributed by atoms with E-state index in [2.05, 4.69) is 18.0 Å². The fraction of sp³-hybridized carbons (Fsp3) is 1.00. The Morgan fingerprint density at radius 2 is 0.931 bits per heavy atom. The van der Waals surface area contributed by atoms with Crippen LogP contribution in [-0.2, 0) is 14.6 Å². The van der Waals surface area contributed by atoms with Crippen molar-refractivity contribution in [1.82, 2.24) is 0 Å². The second-order valence-corrected chi connectivity index (χ2v) is 9.49. The third kappa shape index (κ3) is 27.5. The molecule has 0 amide bonds. The van der Waals surface area contributed by atoms with E-state index in [1.165, 1.54) is 96.3 Å². The molecule has 0 heterocycles. The summed E-state index contributed by atoms with van der Waals surface area (Å²) >= 11 is 0. The Kier molecular flexibility index (Phi) is 27.2. The van der Waals surface area contributed by atoms with E-state index >= 15 is 0 Å². The predicted molar refractivity (Wildman–Crippen MR) is 118 cm³/mol. The van der Waals surface area contributed by atoms with Crippen molar-refractivity contribution in [3.63, 3.8) is 0 Å². The second kappa shape index (κ2) is 24.2. The van der Waals surface area contributed by atoms with E-state index in [-0.39, 0.29) is 63.9 Å². The summed E-state index contributed by atoms with van der Waals surface area (Å²) in [5.74, 6) is 0.202. The minimum atomic E-state index is -4.57. The van der Waals surface area contributed by atoms with E-state index in [0.717, 1.165) is 25.7 Å². The van der Waals surface area contributed by atoms with Crippen LogP contribution < -0.4 is 51.4 Å². The maximum Gasteiger partial charge on any atom is 1.00 e. The molecule has 0 aliphatic rings. The molecule has 0 saturated carbocycles. The molecule has 29 heavy (non-hydrogen) atoms. The van der Waals surface area contributed by atoms with E-state index in [1.807, 2.05) is 0 Å². The van der Waals surface area contributed by atoms with Gasteiger partial charge in [-0.1, -0.05) is 123 Å². The van der Waals surface area contributed by atoms with Gasteiger partial charge in [-0.25, -0.2) is 8.42 Å². The molecule has 0 N–H and O–H groups in total. The van der Waals surface area contributed by atoms with Crippen LogP contribution >= 0.6 is 0 Å². The molecule has 0 radical (unpaired) electrons. The summed E-state index contributed by atoms with van der Waals surface area (Å²) in [7, 11) is -4.57. The number of unbranched alkanes of at least 4 members (excludes halogenated alkanes) is 15. The van der Waals surface area contributed by atoms with E-state index in [1.54, 1.807) is 0 Å². The van der Waals surface area contributed by atoms with Gasteiger partial charge in [0, 0.05) is 0 Å². The summed E-state index contributed by atoms with van der Waals surface area (Å²) in [6.07, 6.45) is 23.7. The van der Waals surface area contributed by atoms with Gasteiger partial charge < -0.3 is 4.55 Å². The number of hydrogen-bond donors (Lipinski definition) is 0. The quantitative estimate of drug-likeness (QED) is 0.103. The number of rotatable bonds is 22. The van der Waals surface area contributed by atoms with Crippen LogP contribution in [0.4, 0.5) is 0 Å². The van der Waals surface area contributed by atoms with Crippen LogP contribution in [0.1, 0.15) is 136 Å². The largest absolute Gasteiger partial charge is 1.00 e. The first-order chi connectivity index (χ1) is 13.5. The zero-order chi connectivity index (χ0) is 20.9. The molecule has 1 unspecified atom stereocenters. The van der Waals surface area contributed by atoms with E-state index in [0.29, 0.717) is 0 Å². The first-order valence-electron chi connectivity index (χ1n) is 12.1. The summed E-state index contributed by atoms with van der Waals surface area (Å²) in [6, 6.07) is 0. The van der Waals surface area contributed by atoms with Crippen molar-refractivity contribution in [2.24, 2.45) is 5.92 Å². The molecular weight excluding hydrogens is 411 g/mol. The van der Waals surface area contributed by atoms with Crippen molar-refractivity contribution >= 4 is 10.4 Å². The molecule has 6 heteroatoms. The van der Waals surface area contributed by atoms with Gasteiger partial charge in [0.15, 0.2) is 0 Å². The van der Waals surface area contributed by atoms with Crippen molar-refractivity contribution < 1.29 is 68.5 Å². The Bertz CT molecular complexity index is 415. The number of hydrogen-bond acceptors (Lipinski definition) is 4. The normalized spacial score (nSPS) is 12.7. The maximum absolute atomic E-state index is 10.8. The summed E-state index contributed by atoms with van der Waals surface area (Å²) in [6.45, 7) is 4.54. The van der Waals surface area contributed by atoms with Gasteiger partial charge in [-0.05, 0) is 18.8 Å². The molecule has 0 spiro atoms. The van der Waals surface area contributed by atoms with Crippen molar-refractivity contribution in [3.05, 3.63) is 0 Å². The molecule has 4 nitrogen and oxygen atoms in total. The van der Waals surface area contributed by atoms with Crippen LogP contribution in [0.2, 0.25) is 0 Å². The van der Waals surface area contributed by atoms with Crippen molar-refractivity contribution in [2.75, 3.05) is 6.61 Å². The van der Waals surface area contributed by atoms with Gasteiger partial charge in [-0.3, -0.25) is 4.18 Å². The summed E-state index contributed by atoms with van der Waals surface area (Å²) in [4.78, 5) is 0. The van der Waals surface area contributed by atoms with E-state index in [4.69, 9.17) is 0 Å². The molecule has 0 fully saturated rings. The average molecular weight is 459 g/mol. The SMILES string of the molecule is CCCCCCCCCCCC(CCCCCCCCCC)COS(=O)(=O)[O-].[K+]. The fourth-order valence-corrected chi connectivity index (χ4v) is 4.16. The van der Waals surface area contributed by atoms with Gasteiger partial charge in [0.25, 0.3) is 0 Å². The Morgan fingerprint density at radius 1 is 0.621 bits per heavy atom. The zero-order valence-corrected chi connectivity index (χ0v) is 23.7. The Balaban J connectivity index is 0. The topological polar surface area (TPSA) is 66.4 Å². The molecule has 0 saturated heterocycles. The van der Waals surface area contributed by atoms with Crippen LogP contribution in [-0.4, -0.2) is 19.6 Å². The molecular formula is C23H47KO4S. The molecule has 0 aromatic heterocycles. The molecule has 0 aromatic rings. The Morgan fingerprint density at radius 3 is 1.24 bits per heavy atom. The predicted octanol–water partition coefficient (Wildman–Crippen LogP) is 4.54. The van der Waals surface area contributed by atoms with Crippen molar-refractivity contribution in [1.29, 1.82) is 0 Å². The van der Waals surface area contributed by atoms with Crippen molar-refractivity contribution in [2.45, 2.75) is 136 Å². The first kappa shape index (κ1) is 32.7. The fourth-order valence-electron chi connectivity index (χ4n) is 3.80. The molecule has 1 atom stereocenters. The van der Waals surface area contributed by atoms with Crippen LogP contribution in [0.15, 0.2) is 0 Å². The van der Waals surface area contributed by atoms with Gasteiger partial charge in [0.05, 0.1) is 6.61 Å². The van der Waals surface area contributed by atoms with Gasteiger partial charge in [0.1, 0.15) is 0 Å². The Hall–Kier alpha value is 1.51.